The standard InChI is InChI=1S/C13H19FN2O2/c1-2-18-9-5-8-15-13(17)16-10-11-6-3-4-7-12(11)14/h3-4,6-7H,2,5,8-10H2,1H3,(H2,15,16,17). The molecule has 0 aromatic heterocycles. The topological polar surface area (TPSA) is 50.4 Å². The largest absolute Gasteiger partial charge is 0.382 e. The third kappa shape index (κ3) is 5.63. The van der Waals surface area contributed by atoms with Gasteiger partial charge in [-0.2, -0.15) is 0 Å². The lowest BCUT2D eigenvalue weighted by Crippen LogP contribution is -2.36. The van der Waals surface area contributed by atoms with Crippen LogP contribution in [0.4, 0.5) is 9.18 Å². The molecule has 0 radical (unpaired) electrons. The van der Waals surface area contributed by atoms with E-state index >= 15 is 0 Å². The number of benzene rings is 1. The van der Waals surface area contributed by atoms with Gasteiger partial charge in [0, 0.05) is 31.9 Å². The third-order valence-corrected chi connectivity index (χ3v) is 2.35. The maximum atomic E-state index is 13.2. The number of hydrogen-bond donors (Lipinski definition) is 2. The van der Waals surface area contributed by atoms with Crippen molar-refractivity contribution < 1.29 is 13.9 Å². The molecule has 2 amide bonds. The quantitative estimate of drug-likeness (QED) is 0.732. The van der Waals surface area contributed by atoms with Crippen LogP contribution in [0.15, 0.2) is 24.3 Å². The predicted molar refractivity (Wildman–Crippen MR) is 67.7 cm³/mol. The molecule has 1 aromatic carbocycles. The van der Waals surface area contributed by atoms with Crippen LogP contribution in [0.2, 0.25) is 0 Å². The molecular weight excluding hydrogens is 235 g/mol. The highest BCUT2D eigenvalue weighted by Crippen LogP contribution is 2.05. The molecule has 0 saturated carbocycles. The van der Waals surface area contributed by atoms with Crippen LogP contribution < -0.4 is 10.6 Å². The van der Waals surface area contributed by atoms with Crippen LogP contribution in [0.1, 0.15) is 18.9 Å². The van der Waals surface area contributed by atoms with Crippen LogP contribution in [0.5, 0.6) is 0 Å². The number of ether oxygens (including phenoxy) is 1. The Morgan fingerprint density at radius 2 is 2.11 bits per heavy atom. The Kier molecular flexibility index (Phi) is 6.79. The fourth-order valence-corrected chi connectivity index (χ4v) is 1.40. The molecule has 18 heavy (non-hydrogen) atoms. The highest BCUT2D eigenvalue weighted by Gasteiger charge is 2.03. The van der Waals surface area contributed by atoms with Gasteiger partial charge in [-0.1, -0.05) is 18.2 Å². The molecule has 0 atom stereocenters. The number of amides is 2. The van der Waals surface area contributed by atoms with E-state index in [0.29, 0.717) is 25.3 Å². The fraction of sp³-hybridized carbons (Fsp3) is 0.462. The monoisotopic (exact) mass is 254 g/mol. The molecule has 0 heterocycles. The second kappa shape index (κ2) is 8.47. The number of halogens is 1. The van der Waals surface area contributed by atoms with Crippen molar-refractivity contribution in [2.75, 3.05) is 19.8 Å². The molecule has 0 aliphatic rings. The molecule has 5 heteroatoms. The summed E-state index contributed by atoms with van der Waals surface area (Å²) in [6.07, 6.45) is 0.765. The summed E-state index contributed by atoms with van der Waals surface area (Å²) in [7, 11) is 0. The number of nitrogens with one attached hydrogen (secondary N) is 2. The third-order valence-electron chi connectivity index (χ3n) is 2.35. The number of rotatable bonds is 7. The lowest BCUT2D eigenvalue weighted by molar-refractivity contribution is 0.145. The predicted octanol–water partition coefficient (Wildman–Crippen LogP) is 2.05. The van der Waals surface area contributed by atoms with Crippen molar-refractivity contribution in [3.05, 3.63) is 35.6 Å². The summed E-state index contributed by atoms with van der Waals surface area (Å²) in [6, 6.07) is 6.07. The summed E-state index contributed by atoms with van der Waals surface area (Å²) in [5, 5.41) is 5.28. The van der Waals surface area contributed by atoms with E-state index in [0.717, 1.165) is 6.42 Å². The first-order valence-electron chi connectivity index (χ1n) is 6.07. The van der Waals surface area contributed by atoms with E-state index in [-0.39, 0.29) is 18.4 Å². The van der Waals surface area contributed by atoms with Gasteiger partial charge in [0.05, 0.1) is 0 Å². The first-order valence-corrected chi connectivity index (χ1v) is 6.07. The van der Waals surface area contributed by atoms with Crippen LogP contribution in [-0.4, -0.2) is 25.8 Å². The molecule has 100 valence electrons. The molecule has 2 N–H and O–H groups in total. The Labute approximate surface area is 107 Å². The van der Waals surface area contributed by atoms with Gasteiger partial charge < -0.3 is 15.4 Å². The molecule has 1 aromatic rings. The van der Waals surface area contributed by atoms with Gasteiger partial charge in [0.15, 0.2) is 0 Å². The van der Waals surface area contributed by atoms with Gasteiger partial charge in [-0.05, 0) is 19.4 Å². The van der Waals surface area contributed by atoms with E-state index in [1.807, 2.05) is 6.92 Å². The molecule has 0 saturated heterocycles. The Morgan fingerprint density at radius 1 is 1.33 bits per heavy atom. The minimum atomic E-state index is -0.311. The van der Waals surface area contributed by atoms with Crippen LogP contribution >= 0.6 is 0 Å². The van der Waals surface area contributed by atoms with Gasteiger partial charge in [0.25, 0.3) is 0 Å². The zero-order valence-electron chi connectivity index (χ0n) is 10.5. The minimum Gasteiger partial charge on any atom is -0.382 e. The Hall–Kier alpha value is -1.62. The average Bonchev–Trinajstić information content (AvgIpc) is 2.37. The number of urea groups is 1. The molecule has 0 fully saturated rings. The number of carbonyl (C=O) groups excluding carboxylic acids is 1. The van der Waals surface area contributed by atoms with Gasteiger partial charge in [0.1, 0.15) is 5.82 Å². The average molecular weight is 254 g/mol. The summed E-state index contributed by atoms with van der Waals surface area (Å²) < 4.78 is 18.4. The maximum Gasteiger partial charge on any atom is 0.315 e. The second-order valence-corrected chi connectivity index (χ2v) is 3.75. The lowest BCUT2D eigenvalue weighted by Gasteiger charge is -2.08. The fourth-order valence-electron chi connectivity index (χ4n) is 1.40. The normalized spacial score (nSPS) is 10.1. The van der Waals surface area contributed by atoms with Crippen molar-refractivity contribution in [2.24, 2.45) is 0 Å². The number of carbonyl (C=O) groups is 1. The molecule has 1 rings (SSSR count). The van der Waals surface area contributed by atoms with E-state index in [9.17, 15) is 9.18 Å². The highest BCUT2D eigenvalue weighted by molar-refractivity contribution is 5.73. The SMILES string of the molecule is CCOCCCNC(=O)NCc1ccccc1F. The van der Waals surface area contributed by atoms with Crippen LogP contribution in [0.3, 0.4) is 0 Å². The first kappa shape index (κ1) is 14.4. The summed E-state index contributed by atoms with van der Waals surface area (Å²) in [4.78, 5) is 11.4. The number of hydrogen-bond acceptors (Lipinski definition) is 2. The van der Waals surface area contributed by atoms with Crippen molar-refractivity contribution >= 4 is 6.03 Å². The van der Waals surface area contributed by atoms with Crippen molar-refractivity contribution in [1.29, 1.82) is 0 Å². The smallest absolute Gasteiger partial charge is 0.315 e. The molecule has 0 aliphatic carbocycles. The van der Waals surface area contributed by atoms with E-state index in [1.54, 1.807) is 18.2 Å². The van der Waals surface area contributed by atoms with E-state index < -0.39 is 0 Å². The van der Waals surface area contributed by atoms with E-state index in [4.69, 9.17) is 4.74 Å². The van der Waals surface area contributed by atoms with Crippen LogP contribution in [0.25, 0.3) is 0 Å². The highest BCUT2D eigenvalue weighted by atomic mass is 19.1. The minimum absolute atomic E-state index is 0.184. The van der Waals surface area contributed by atoms with Crippen molar-refractivity contribution in [2.45, 2.75) is 19.9 Å². The molecular formula is C13H19FN2O2. The van der Waals surface area contributed by atoms with Gasteiger partial charge in [0.2, 0.25) is 0 Å². The van der Waals surface area contributed by atoms with Crippen LogP contribution in [-0.2, 0) is 11.3 Å². The van der Waals surface area contributed by atoms with Gasteiger partial charge in [-0.3, -0.25) is 0 Å². The van der Waals surface area contributed by atoms with Gasteiger partial charge in [-0.15, -0.1) is 0 Å². The lowest BCUT2D eigenvalue weighted by atomic mass is 10.2. The Balaban J connectivity index is 2.15. The molecule has 0 bridgehead atoms. The Bertz CT molecular complexity index is 372. The zero-order valence-corrected chi connectivity index (χ0v) is 10.5. The van der Waals surface area contributed by atoms with E-state index in [1.165, 1.54) is 6.07 Å². The molecule has 0 unspecified atom stereocenters. The van der Waals surface area contributed by atoms with Gasteiger partial charge in [-0.25, -0.2) is 9.18 Å². The van der Waals surface area contributed by atoms with Crippen LogP contribution in [0, 0.1) is 5.82 Å². The first-order chi connectivity index (χ1) is 8.74. The second-order valence-electron chi connectivity index (χ2n) is 3.75. The summed E-state index contributed by atoms with van der Waals surface area (Å²) in [5.41, 5.74) is 0.474. The van der Waals surface area contributed by atoms with E-state index in [2.05, 4.69) is 10.6 Å². The molecule has 4 nitrogen and oxygen atoms in total. The van der Waals surface area contributed by atoms with Crippen molar-refractivity contribution in [3.63, 3.8) is 0 Å². The van der Waals surface area contributed by atoms with Gasteiger partial charge >= 0.3 is 6.03 Å². The van der Waals surface area contributed by atoms with Crippen molar-refractivity contribution in [3.8, 4) is 0 Å². The molecule has 0 aliphatic heterocycles. The van der Waals surface area contributed by atoms with Crippen molar-refractivity contribution in [1.82, 2.24) is 10.6 Å². The molecule has 0 spiro atoms. The maximum absolute atomic E-state index is 13.2. The zero-order chi connectivity index (χ0) is 13.2. The Morgan fingerprint density at radius 3 is 2.83 bits per heavy atom. The summed E-state index contributed by atoms with van der Waals surface area (Å²) >= 11 is 0. The summed E-state index contributed by atoms with van der Waals surface area (Å²) in [6.45, 7) is 3.96. The summed E-state index contributed by atoms with van der Waals surface area (Å²) in [5.74, 6) is -0.311.